The molecule has 0 bridgehead atoms. The summed E-state index contributed by atoms with van der Waals surface area (Å²) in [4.78, 5) is 13.6. The van der Waals surface area contributed by atoms with Crippen LogP contribution in [0.4, 0.5) is 0 Å². The van der Waals surface area contributed by atoms with Crippen molar-refractivity contribution in [2.75, 3.05) is 33.9 Å². The number of hydrogen-bond donors (Lipinski definition) is 1. The molecule has 110 valence electrons. The van der Waals surface area contributed by atoms with Crippen molar-refractivity contribution in [1.29, 1.82) is 0 Å². The third-order valence-corrected chi connectivity index (χ3v) is 4.00. The Balaban J connectivity index is 2.31. The zero-order chi connectivity index (χ0) is 14.7. The van der Waals surface area contributed by atoms with Gasteiger partial charge in [-0.25, -0.2) is 0 Å². The Hall–Kier alpha value is -1.75. The predicted molar refractivity (Wildman–Crippen MR) is 75.5 cm³/mol. The van der Waals surface area contributed by atoms with Gasteiger partial charge >= 0.3 is 5.97 Å². The molecule has 2 atom stereocenters. The number of hydrogen-bond acceptors (Lipinski definition) is 4. The van der Waals surface area contributed by atoms with Crippen molar-refractivity contribution >= 4 is 5.97 Å². The summed E-state index contributed by atoms with van der Waals surface area (Å²) in [5, 5.41) is 9.40. The van der Waals surface area contributed by atoms with Crippen LogP contribution < -0.4 is 9.47 Å². The van der Waals surface area contributed by atoms with Gasteiger partial charge in [0.1, 0.15) is 0 Å². The van der Waals surface area contributed by atoms with Gasteiger partial charge in [-0.2, -0.15) is 0 Å². The van der Waals surface area contributed by atoms with Gasteiger partial charge in [0.05, 0.1) is 20.1 Å². The average molecular weight is 279 g/mol. The van der Waals surface area contributed by atoms with Crippen LogP contribution in [-0.2, 0) is 4.79 Å². The first kappa shape index (κ1) is 14.7. The maximum Gasteiger partial charge on any atom is 0.308 e. The molecule has 1 aromatic rings. The number of nitrogens with zero attached hydrogens (tertiary/aromatic N) is 1. The monoisotopic (exact) mass is 279 g/mol. The third kappa shape index (κ3) is 2.72. The van der Waals surface area contributed by atoms with E-state index >= 15 is 0 Å². The van der Waals surface area contributed by atoms with E-state index in [2.05, 4.69) is 11.8 Å². The van der Waals surface area contributed by atoms with Crippen molar-refractivity contribution in [1.82, 2.24) is 4.90 Å². The van der Waals surface area contributed by atoms with Crippen LogP contribution in [0.3, 0.4) is 0 Å². The molecule has 2 rings (SSSR count). The second-order valence-electron chi connectivity index (χ2n) is 5.02. The van der Waals surface area contributed by atoms with Gasteiger partial charge in [-0.3, -0.25) is 4.79 Å². The average Bonchev–Trinajstić information content (AvgIpc) is 2.91. The van der Waals surface area contributed by atoms with E-state index in [4.69, 9.17) is 9.47 Å². The van der Waals surface area contributed by atoms with Crippen LogP contribution in [0.1, 0.15) is 18.4 Å². The number of ether oxygens (including phenoxy) is 2. The molecule has 0 radical (unpaired) electrons. The molecule has 0 aliphatic carbocycles. The standard InChI is InChI=1S/C15H21NO4/c1-4-16-8-11(12(9-16)15(17)18)10-5-6-13(19-2)14(7-10)20-3/h5-7,11-12H,4,8-9H2,1-3H3,(H,17,18). The number of carbonyl (C=O) groups is 1. The van der Waals surface area contributed by atoms with Crippen LogP contribution in [0.25, 0.3) is 0 Å². The Morgan fingerprint density at radius 3 is 2.55 bits per heavy atom. The lowest BCUT2D eigenvalue weighted by Crippen LogP contribution is -2.23. The number of methoxy groups -OCH3 is 2. The molecular formula is C15H21NO4. The lowest BCUT2D eigenvalue weighted by molar-refractivity contribution is -0.141. The smallest absolute Gasteiger partial charge is 0.308 e. The molecule has 0 aromatic heterocycles. The molecule has 0 spiro atoms. The van der Waals surface area contributed by atoms with E-state index in [0.717, 1.165) is 18.7 Å². The van der Waals surface area contributed by atoms with E-state index in [-0.39, 0.29) is 11.8 Å². The van der Waals surface area contributed by atoms with Crippen LogP contribution in [0.2, 0.25) is 0 Å². The summed E-state index contributed by atoms with van der Waals surface area (Å²) in [5.74, 6) is 0.193. The van der Waals surface area contributed by atoms with Crippen molar-refractivity contribution in [2.45, 2.75) is 12.8 Å². The van der Waals surface area contributed by atoms with Crippen molar-refractivity contribution in [3.05, 3.63) is 23.8 Å². The Morgan fingerprint density at radius 2 is 2.00 bits per heavy atom. The Kier molecular flexibility index (Phi) is 4.49. The highest BCUT2D eigenvalue weighted by Crippen LogP contribution is 2.37. The fourth-order valence-electron chi connectivity index (χ4n) is 2.81. The highest BCUT2D eigenvalue weighted by molar-refractivity contribution is 5.72. The van der Waals surface area contributed by atoms with Crippen LogP contribution in [0.15, 0.2) is 18.2 Å². The van der Waals surface area contributed by atoms with E-state index < -0.39 is 5.97 Å². The summed E-state index contributed by atoms with van der Waals surface area (Å²) in [6.07, 6.45) is 0. The summed E-state index contributed by atoms with van der Waals surface area (Å²) in [5.41, 5.74) is 0.992. The molecule has 1 aromatic carbocycles. The number of carboxylic acids is 1. The topological polar surface area (TPSA) is 59.0 Å². The minimum absolute atomic E-state index is 0.00717. The molecule has 1 N–H and O–H groups in total. The van der Waals surface area contributed by atoms with Crippen molar-refractivity contribution in [3.63, 3.8) is 0 Å². The second-order valence-corrected chi connectivity index (χ2v) is 5.02. The third-order valence-electron chi connectivity index (χ3n) is 4.00. The normalized spacial score (nSPS) is 22.8. The summed E-state index contributed by atoms with van der Waals surface area (Å²) in [7, 11) is 3.18. The molecule has 1 aliphatic heterocycles. The van der Waals surface area contributed by atoms with Gasteiger partial charge in [-0.1, -0.05) is 13.0 Å². The Morgan fingerprint density at radius 1 is 1.30 bits per heavy atom. The fraction of sp³-hybridized carbons (Fsp3) is 0.533. The molecule has 1 heterocycles. The molecule has 2 unspecified atom stereocenters. The van der Waals surface area contributed by atoms with Crippen LogP contribution in [0.5, 0.6) is 11.5 Å². The molecular weight excluding hydrogens is 258 g/mol. The molecule has 5 heteroatoms. The SMILES string of the molecule is CCN1CC(C(=O)O)C(c2ccc(OC)c(OC)c2)C1. The fourth-order valence-corrected chi connectivity index (χ4v) is 2.81. The number of rotatable bonds is 5. The maximum absolute atomic E-state index is 11.4. The van der Waals surface area contributed by atoms with Crippen molar-refractivity contribution in [3.8, 4) is 11.5 Å². The summed E-state index contributed by atoms with van der Waals surface area (Å²) < 4.78 is 10.5. The summed E-state index contributed by atoms with van der Waals surface area (Å²) >= 11 is 0. The number of aliphatic carboxylic acids is 1. The minimum atomic E-state index is -0.735. The highest BCUT2D eigenvalue weighted by atomic mass is 16.5. The maximum atomic E-state index is 11.4. The van der Waals surface area contributed by atoms with E-state index in [1.165, 1.54) is 0 Å². The quantitative estimate of drug-likeness (QED) is 0.891. The molecule has 1 fully saturated rings. The minimum Gasteiger partial charge on any atom is -0.493 e. The van der Waals surface area contributed by atoms with Gasteiger partial charge in [0.25, 0.3) is 0 Å². The Labute approximate surface area is 119 Å². The molecule has 1 saturated heterocycles. The first-order valence-electron chi connectivity index (χ1n) is 6.77. The molecule has 1 aliphatic rings. The van der Waals surface area contributed by atoms with E-state index in [0.29, 0.717) is 18.0 Å². The molecule has 0 saturated carbocycles. The predicted octanol–water partition coefficient (Wildman–Crippen LogP) is 1.82. The summed E-state index contributed by atoms with van der Waals surface area (Å²) in [6.45, 7) is 4.29. The number of likely N-dealkylation sites (N-methyl/N-ethyl adjacent to an activating group) is 1. The molecule has 5 nitrogen and oxygen atoms in total. The number of carboxylic acid groups (broad SMARTS) is 1. The number of benzene rings is 1. The largest absolute Gasteiger partial charge is 0.493 e. The summed E-state index contributed by atoms with van der Waals surface area (Å²) in [6, 6.07) is 5.65. The van der Waals surface area contributed by atoms with Crippen LogP contribution in [0, 0.1) is 5.92 Å². The van der Waals surface area contributed by atoms with Crippen LogP contribution in [-0.4, -0.2) is 49.8 Å². The first-order valence-corrected chi connectivity index (χ1v) is 6.77. The van der Waals surface area contributed by atoms with Crippen molar-refractivity contribution < 1.29 is 19.4 Å². The van der Waals surface area contributed by atoms with E-state index in [9.17, 15) is 9.90 Å². The second kappa shape index (κ2) is 6.13. The molecule has 20 heavy (non-hydrogen) atoms. The highest BCUT2D eigenvalue weighted by Gasteiger charge is 2.38. The van der Waals surface area contributed by atoms with Gasteiger partial charge in [0.15, 0.2) is 11.5 Å². The number of likely N-dealkylation sites (tertiary alicyclic amines) is 1. The lowest BCUT2D eigenvalue weighted by Gasteiger charge is -2.17. The van der Waals surface area contributed by atoms with Gasteiger partial charge in [0.2, 0.25) is 0 Å². The lowest BCUT2D eigenvalue weighted by atomic mass is 9.89. The zero-order valence-electron chi connectivity index (χ0n) is 12.1. The van der Waals surface area contributed by atoms with Crippen molar-refractivity contribution in [2.24, 2.45) is 5.92 Å². The van der Waals surface area contributed by atoms with Gasteiger partial charge in [-0.15, -0.1) is 0 Å². The van der Waals surface area contributed by atoms with Gasteiger partial charge in [-0.05, 0) is 24.2 Å². The Bertz CT molecular complexity index is 489. The van der Waals surface area contributed by atoms with Gasteiger partial charge in [0, 0.05) is 19.0 Å². The van der Waals surface area contributed by atoms with E-state index in [1.54, 1.807) is 14.2 Å². The first-order chi connectivity index (χ1) is 9.60. The van der Waals surface area contributed by atoms with Gasteiger partial charge < -0.3 is 19.5 Å². The van der Waals surface area contributed by atoms with Crippen LogP contribution >= 0.6 is 0 Å². The van der Waals surface area contributed by atoms with E-state index in [1.807, 2.05) is 18.2 Å². The zero-order valence-corrected chi connectivity index (χ0v) is 12.1. The molecule has 0 amide bonds.